The van der Waals surface area contributed by atoms with Crippen LogP contribution in [0.25, 0.3) is 0 Å². The molecule has 0 amide bonds. The monoisotopic (exact) mass is 321 g/mol. The molecular formula is C11H19N3O4S2. The maximum atomic E-state index is 12.5. The van der Waals surface area contributed by atoms with Crippen LogP contribution in [-0.2, 0) is 33.5 Å². The van der Waals surface area contributed by atoms with Gasteiger partial charge in [-0.2, -0.15) is 4.31 Å². The van der Waals surface area contributed by atoms with Crippen LogP contribution in [-0.4, -0.2) is 57.4 Å². The minimum Gasteiger partial charge on any atom is -0.352 e. The van der Waals surface area contributed by atoms with Crippen molar-refractivity contribution in [2.75, 3.05) is 31.6 Å². The van der Waals surface area contributed by atoms with Gasteiger partial charge in [0.1, 0.15) is 4.90 Å². The van der Waals surface area contributed by atoms with Crippen molar-refractivity contribution >= 4 is 19.9 Å². The Morgan fingerprint density at radius 3 is 2.45 bits per heavy atom. The quantitative estimate of drug-likeness (QED) is 0.781. The summed E-state index contributed by atoms with van der Waals surface area (Å²) in [6, 6.07) is 1.62. The molecule has 20 heavy (non-hydrogen) atoms. The summed E-state index contributed by atoms with van der Waals surface area (Å²) < 4.78 is 50.7. The summed E-state index contributed by atoms with van der Waals surface area (Å²) in [7, 11) is -3.13. The zero-order valence-corrected chi connectivity index (χ0v) is 13.2. The lowest BCUT2D eigenvalue weighted by molar-refractivity contribution is 0.430. The largest absolute Gasteiger partial charge is 0.352 e. The summed E-state index contributed by atoms with van der Waals surface area (Å²) in [6.07, 6.45) is 1.56. The lowest BCUT2D eigenvalue weighted by Gasteiger charge is -2.25. The predicted molar refractivity (Wildman–Crippen MR) is 75.6 cm³/mol. The minimum atomic E-state index is -3.61. The van der Waals surface area contributed by atoms with Crippen molar-refractivity contribution in [3.63, 3.8) is 0 Å². The summed E-state index contributed by atoms with van der Waals surface area (Å²) >= 11 is 0. The first-order chi connectivity index (χ1) is 9.26. The predicted octanol–water partition coefficient (Wildman–Crippen LogP) is -0.836. The van der Waals surface area contributed by atoms with Gasteiger partial charge in [0.2, 0.25) is 10.0 Å². The number of rotatable bonds is 4. The van der Waals surface area contributed by atoms with E-state index in [0.29, 0.717) is 6.54 Å². The molecule has 2 rings (SSSR count). The molecule has 1 aliphatic heterocycles. The molecule has 0 spiro atoms. The molecule has 1 fully saturated rings. The van der Waals surface area contributed by atoms with E-state index in [-0.39, 0.29) is 29.5 Å². The Kier molecular flexibility index (Phi) is 4.24. The molecule has 1 N–H and O–H groups in total. The summed E-state index contributed by atoms with van der Waals surface area (Å²) in [4.78, 5) is 0.213. The molecule has 0 radical (unpaired) electrons. The fraction of sp³-hybridized carbons (Fsp3) is 0.636. The molecule has 2 heterocycles. The average molecular weight is 321 g/mol. The Morgan fingerprint density at radius 1 is 1.30 bits per heavy atom. The first-order valence-corrected chi connectivity index (χ1v) is 9.53. The van der Waals surface area contributed by atoms with Gasteiger partial charge in [-0.3, -0.25) is 0 Å². The van der Waals surface area contributed by atoms with Gasteiger partial charge in [0.15, 0.2) is 9.84 Å². The van der Waals surface area contributed by atoms with Crippen molar-refractivity contribution in [3.05, 3.63) is 18.0 Å². The highest BCUT2D eigenvalue weighted by molar-refractivity contribution is 7.92. The van der Waals surface area contributed by atoms with Crippen LogP contribution in [0.15, 0.2) is 17.2 Å². The molecule has 7 nitrogen and oxygen atoms in total. The van der Waals surface area contributed by atoms with Gasteiger partial charge in [0, 0.05) is 38.6 Å². The third-order valence-corrected chi connectivity index (χ3v) is 6.85. The van der Waals surface area contributed by atoms with E-state index in [0.717, 1.165) is 5.69 Å². The van der Waals surface area contributed by atoms with Crippen molar-refractivity contribution in [1.29, 1.82) is 0 Å². The molecule has 0 aromatic carbocycles. The standard InChI is InChI=1S/C11H19N3O4S2/c1-12-8-10-7-11(9-13(10)2)20(17,18)14-3-5-19(15,16)6-4-14/h7,9,12H,3-6,8H2,1-2H3. The van der Waals surface area contributed by atoms with Gasteiger partial charge >= 0.3 is 0 Å². The number of nitrogens with zero attached hydrogens (tertiary/aromatic N) is 2. The number of hydrogen-bond acceptors (Lipinski definition) is 5. The Balaban J connectivity index is 2.25. The van der Waals surface area contributed by atoms with Gasteiger partial charge in [0.05, 0.1) is 11.5 Å². The second kappa shape index (κ2) is 5.47. The molecule has 0 atom stereocenters. The van der Waals surface area contributed by atoms with Crippen molar-refractivity contribution in [2.45, 2.75) is 11.4 Å². The van der Waals surface area contributed by atoms with E-state index in [1.807, 2.05) is 0 Å². The highest BCUT2D eigenvalue weighted by Gasteiger charge is 2.31. The number of sulfonamides is 1. The van der Waals surface area contributed by atoms with E-state index in [4.69, 9.17) is 0 Å². The third-order valence-electron chi connectivity index (χ3n) is 3.38. The zero-order valence-electron chi connectivity index (χ0n) is 11.5. The number of nitrogens with one attached hydrogen (secondary N) is 1. The van der Waals surface area contributed by atoms with Crippen LogP contribution in [0.3, 0.4) is 0 Å². The SMILES string of the molecule is CNCc1cc(S(=O)(=O)N2CCS(=O)(=O)CC2)cn1C. The Labute approximate surface area is 119 Å². The molecule has 0 saturated carbocycles. The summed E-state index contributed by atoms with van der Waals surface area (Å²) in [5.74, 6) is -0.217. The molecule has 1 saturated heterocycles. The number of aromatic nitrogens is 1. The first kappa shape index (κ1) is 15.5. The Morgan fingerprint density at radius 2 is 1.90 bits per heavy atom. The molecule has 0 aliphatic carbocycles. The van der Waals surface area contributed by atoms with Gasteiger partial charge in [-0.05, 0) is 13.1 Å². The summed E-state index contributed by atoms with van der Waals surface area (Å²) in [5.41, 5.74) is 0.857. The zero-order chi connectivity index (χ0) is 15.0. The van der Waals surface area contributed by atoms with Crippen molar-refractivity contribution < 1.29 is 16.8 Å². The smallest absolute Gasteiger partial charge is 0.244 e. The topological polar surface area (TPSA) is 88.5 Å². The van der Waals surface area contributed by atoms with E-state index in [2.05, 4.69) is 5.32 Å². The van der Waals surface area contributed by atoms with E-state index in [9.17, 15) is 16.8 Å². The van der Waals surface area contributed by atoms with Gasteiger partial charge in [-0.15, -0.1) is 0 Å². The fourth-order valence-corrected chi connectivity index (χ4v) is 5.13. The summed E-state index contributed by atoms with van der Waals surface area (Å²) in [5, 5.41) is 2.97. The molecule has 9 heteroatoms. The van der Waals surface area contributed by atoms with E-state index < -0.39 is 19.9 Å². The Hall–Kier alpha value is -0.900. The highest BCUT2D eigenvalue weighted by Crippen LogP contribution is 2.20. The van der Waals surface area contributed by atoms with Gasteiger partial charge in [0.25, 0.3) is 0 Å². The van der Waals surface area contributed by atoms with E-state index >= 15 is 0 Å². The van der Waals surface area contributed by atoms with Crippen molar-refractivity contribution in [3.8, 4) is 0 Å². The number of sulfone groups is 1. The Bertz CT molecular complexity index is 677. The lowest BCUT2D eigenvalue weighted by atomic mass is 10.4. The van der Waals surface area contributed by atoms with Crippen LogP contribution in [0.5, 0.6) is 0 Å². The van der Waals surface area contributed by atoms with Crippen LogP contribution in [0.2, 0.25) is 0 Å². The van der Waals surface area contributed by atoms with E-state index in [1.165, 1.54) is 4.31 Å². The second-order valence-electron chi connectivity index (χ2n) is 4.86. The first-order valence-electron chi connectivity index (χ1n) is 6.27. The average Bonchev–Trinajstić information content (AvgIpc) is 2.72. The molecule has 1 aromatic heterocycles. The summed E-state index contributed by atoms with van der Waals surface area (Å²) in [6.45, 7) is 0.627. The van der Waals surface area contributed by atoms with Crippen molar-refractivity contribution in [2.24, 2.45) is 7.05 Å². The molecule has 1 aliphatic rings. The number of hydrogen-bond donors (Lipinski definition) is 1. The molecule has 0 unspecified atom stereocenters. The normalized spacial score (nSPS) is 20.1. The molecule has 1 aromatic rings. The molecule has 0 bridgehead atoms. The van der Waals surface area contributed by atoms with Crippen LogP contribution >= 0.6 is 0 Å². The third kappa shape index (κ3) is 3.05. The van der Waals surface area contributed by atoms with Crippen LogP contribution in [0.1, 0.15) is 5.69 Å². The highest BCUT2D eigenvalue weighted by atomic mass is 32.2. The van der Waals surface area contributed by atoms with E-state index in [1.54, 1.807) is 30.9 Å². The molecular weight excluding hydrogens is 302 g/mol. The lowest BCUT2D eigenvalue weighted by Crippen LogP contribution is -2.43. The van der Waals surface area contributed by atoms with Crippen LogP contribution < -0.4 is 5.32 Å². The molecule has 114 valence electrons. The maximum absolute atomic E-state index is 12.5. The van der Waals surface area contributed by atoms with Crippen molar-refractivity contribution in [1.82, 2.24) is 14.2 Å². The maximum Gasteiger partial charge on any atom is 0.244 e. The fourth-order valence-electron chi connectivity index (χ4n) is 2.16. The van der Waals surface area contributed by atoms with Gasteiger partial charge in [-0.25, -0.2) is 16.8 Å². The van der Waals surface area contributed by atoms with Crippen LogP contribution in [0.4, 0.5) is 0 Å². The van der Waals surface area contributed by atoms with Crippen LogP contribution in [0, 0.1) is 0 Å². The number of aryl methyl sites for hydroxylation is 1. The van der Waals surface area contributed by atoms with Gasteiger partial charge in [-0.1, -0.05) is 0 Å². The van der Waals surface area contributed by atoms with Gasteiger partial charge < -0.3 is 9.88 Å². The second-order valence-corrected chi connectivity index (χ2v) is 9.11. The minimum absolute atomic E-state index is 0.0287.